The van der Waals surface area contributed by atoms with Crippen LogP contribution in [0, 0.1) is 0 Å². The predicted molar refractivity (Wildman–Crippen MR) is 82.9 cm³/mol. The Morgan fingerprint density at radius 3 is 1.77 bits per heavy atom. The fourth-order valence-corrected chi connectivity index (χ4v) is 2.35. The van der Waals surface area contributed by atoms with E-state index in [2.05, 4.69) is 0 Å². The van der Waals surface area contributed by atoms with E-state index < -0.39 is 79.5 Å². The highest BCUT2D eigenvalue weighted by Crippen LogP contribution is 2.52. The molecule has 0 saturated heterocycles. The monoisotopic (exact) mass is 366 g/mol. The highest BCUT2D eigenvalue weighted by molar-refractivity contribution is 5.96. The molecular formula is C15H10O11. The minimum atomic E-state index is -1.38. The second kappa shape index (κ2) is 5.17. The molecule has 0 spiro atoms. The number of hydrogen-bond donors (Lipinski definition) is 9. The van der Waals surface area contributed by atoms with Crippen molar-refractivity contribution in [3.05, 3.63) is 16.3 Å². The Morgan fingerprint density at radius 2 is 1.15 bits per heavy atom. The van der Waals surface area contributed by atoms with Gasteiger partial charge < -0.3 is 50.4 Å². The van der Waals surface area contributed by atoms with Crippen LogP contribution in [0.3, 0.4) is 0 Å². The van der Waals surface area contributed by atoms with Gasteiger partial charge in [-0.2, -0.15) is 0 Å². The average Bonchev–Trinajstić information content (AvgIpc) is 2.61. The van der Waals surface area contributed by atoms with Gasteiger partial charge >= 0.3 is 0 Å². The number of fused-ring (bicyclic) bond motifs is 1. The van der Waals surface area contributed by atoms with Crippen LogP contribution in [0.25, 0.3) is 22.3 Å². The zero-order valence-electron chi connectivity index (χ0n) is 12.4. The quantitative estimate of drug-likeness (QED) is 0.217. The number of hydrogen-bond acceptors (Lipinski definition) is 11. The summed E-state index contributed by atoms with van der Waals surface area (Å²) < 4.78 is 5.04. The number of phenolic OH excluding ortho intramolecular Hbond substituents is 8. The van der Waals surface area contributed by atoms with Gasteiger partial charge in [0.25, 0.3) is 0 Å². The molecule has 11 heteroatoms. The van der Waals surface area contributed by atoms with Crippen LogP contribution in [0.5, 0.6) is 51.7 Å². The smallest absolute Gasteiger partial charge is 0.239 e. The fourth-order valence-electron chi connectivity index (χ4n) is 2.35. The van der Waals surface area contributed by atoms with Gasteiger partial charge in [0.15, 0.2) is 28.6 Å². The van der Waals surface area contributed by atoms with Gasteiger partial charge in [0.1, 0.15) is 5.39 Å². The molecule has 3 rings (SSSR count). The Morgan fingerprint density at radius 1 is 0.615 bits per heavy atom. The van der Waals surface area contributed by atoms with Gasteiger partial charge in [0, 0.05) is 0 Å². The van der Waals surface area contributed by atoms with Crippen molar-refractivity contribution in [3.8, 4) is 63.1 Å². The van der Waals surface area contributed by atoms with Crippen LogP contribution in [-0.4, -0.2) is 46.0 Å². The van der Waals surface area contributed by atoms with Gasteiger partial charge in [-0.3, -0.25) is 4.79 Å². The minimum Gasteiger partial charge on any atom is -0.504 e. The van der Waals surface area contributed by atoms with Crippen LogP contribution < -0.4 is 5.43 Å². The molecule has 0 unspecified atom stereocenters. The average molecular weight is 366 g/mol. The van der Waals surface area contributed by atoms with Crippen molar-refractivity contribution < 1.29 is 50.4 Å². The second-order valence-corrected chi connectivity index (χ2v) is 5.20. The molecule has 11 nitrogen and oxygen atoms in total. The van der Waals surface area contributed by atoms with E-state index in [4.69, 9.17) is 4.42 Å². The molecule has 0 aliphatic rings. The summed E-state index contributed by atoms with van der Waals surface area (Å²) in [4.78, 5) is 12.3. The van der Waals surface area contributed by atoms with E-state index in [9.17, 15) is 50.8 Å². The van der Waals surface area contributed by atoms with E-state index in [1.54, 1.807) is 0 Å². The summed E-state index contributed by atoms with van der Waals surface area (Å²) >= 11 is 0. The van der Waals surface area contributed by atoms with Gasteiger partial charge in [-0.1, -0.05) is 0 Å². The molecule has 2 aromatic carbocycles. The lowest BCUT2D eigenvalue weighted by Crippen LogP contribution is -2.03. The maximum Gasteiger partial charge on any atom is 0.239 e. The minimum absolute atomic E-state index is 0.630. The molecule has 136 valence electrons. The number of aromatic hydroxyl groups is 9. The SMILES string of the molecule is O=c1c(O)c(-c2cc(O)c(O)c(O)c2O)oc2c(O)c(O)c(O)c(O)c12. The third kappa shape index (κ3) is 1.97. The molecule has 1 heterocycles. The number of phenols is 8. The van der Waals surface area contributed by atoms with Crippen LogP contribution in [-0.2, 0) is 0 Å². The molecule has 0 aliphatic heterocycles. The van der Waals surface area contributed by atoms with Crippen LogP contribution in [0.15, 0.2) is 15.3 Å². The van der Waals surface area contributed by atoms with Crippen molar-refractivity contribution in [3.63, 3.8) is 0 Å². The van der Waals surface area contributed by atoms with Gasteiger partial charge in [-0.25, -0.2) is 0 Å². The summed E-state index contributed by atoms with van der Waals surface area (Å²) in [6.07, 6.45) is 0. The zero-order valence-corrected chi connectivity index (χ0v) is 12.4. The van der Waals surface area contributed by atoms with E-state index in [-0.39, 0.29) is 0 Å². The number of benzene rings is 2. The zero-order chi connectivity index (χ0) is 19.5. The summed E-state index contributed by atoms with van der Waals surface area (Å²) in [6, 6.07) is 0.630. The maximum atomic E-state index is 12.3. The lowest BCUT2D eigenvalue weighted by molar-refractivity contribution is 0.343. The molecule has 26 heavy (non-hydrogen) atoms. The van der Waals surface area contributed by atoms with Crippen molar-refractivity contribution in [2.24, 2.45) is 0 Å². The largest absolute Gasteiger partial charge is 0.504 e. The standard InChI is InChI=1S/C15H10O11/c16-3-1-2(5(17)9(21)6(3)18)14-12(24)8(20)4-7(19)10(22)11(23)13(25)15(4)26-14/h1,16-19,21-25H. The fraction of sp³-hybridized carbons (Fsp3) is 0. The third-order valence-corrected chi connectivity index (χ3v) is 3.69. The van der Waals surface area contributed by atoms with E-state index in [0.717, 1.165) is 0 Å². The first-order chi connectivity index (χ1) is 12.1. The molecule has 0 amide bonds. The van der Waals surface area contributed by atoms with Gasteiger partial charge in [-0.05, 0) is 6.07 Å². The summed E-state index contributed by atoms with van der Waals surface area (Å²) in [7, 11) is 0. The summed E-state index contributed by atoms with van der Waals surface area (Å²) in [5, 5.41) is 86.1. The van der Waals surface area contributed by atoms with Crippen molar-refractivity contribution in [2.45, 2.75) is 0 Å². The highest BCUT2D eigenvalue weighted by Gasteiger charge is 2.28. The molecule has 0 radical (unpaired) electrons. The maximum absolute atomic E-state index is 12.3. The van der Waals surface area contributed by atoms with Crippen LogP contribution in [0.2, 0.25) is 0 Å². The predicted octanol–water partition coefficient (Wildman–Crippen LogP) is 0.810. The lowest BCUT2D eigenvalue weighted by Gasteiger charge is -2.12. The van der Waals surface area contributed by atoms with Crippen LogP contribution in [0.1, 0.15) is 0 Å². The summed E-state index contributed by atoms with van der Waals surface area (Å²) in [6.45, 7) is 0. The van der Waals surface area contributed by atoms with Gasteiger partial charge in [-0.15, -0.1) is 0 Å². The Kier molecular flexibility index (Phi) is 3.32. The molecule has 0 fully saturated rings. The Labute approximate surface area is 141 Å². The molecule has 0 bridgehead atoms. The van der Waals surface area contributed by atoms with E-state index in [1.165, 1.54) is 0 Å². The third-order valence-electron chi connectivity index (χ3n) is 3.69. The first kappa shape index (κ1) is 16.7. The Balaban J connectivity index is 2.52. The van der Waals surface area contributed by atoms with E-state index in [0.29, 0.717) is 6.07 Å². The molecule has 1 aromatic heterocycles. The molecular weight excluding hydrogens is 356 g/mol. The first-order valence-corrected chi connectivity index (χ1v) is 6.70. The van der Waals surface area contributed by atoms with Crippen LogP contribution in [0.4, 0.5) is 0 Å². The normalized spacial score (nSPS) is 11.1. The van der Waals surface area contributed by atoms with Crippen LogP contribution >= 0.6 is 0 Å². The van der Waals surface area contributed by atoms with Gasteiger partial charge in [0.2, 0.25) is 39.9 Å². The summed E-state index contributed by atoms with van der Waals surface area (Å²) in [5.74, 6) is -11.3. The van der Waals surface area contributed by atoms with Crippen molar-refractivity contribution in [1.29, 1.82) is 0 Å². The molecule has 0 aliphatic carbocycles. The van der Waals surface area contributed by atoms with E-state index in [1.807, 2.05) is 0 Å². The summed E-state index contributed by atoms with van der Waals surface area (Å²) in [5.41, 5.74) is -2.92. The molecule has 3 aromatic rings. The molecule has 0 saturated carbocycles. The van der Waals surface area contributed by atoms with Crippen molar-refractivity contribution in [2.75, 3.05) is 0 Å². The Bertz CT molecular complexity index is 1140. The van der Waals surface area contributed by atoms with E-state index >= 15 is 0 Å². The molecule has 9 N–H and O–H groups in total. The molecule has 0 atom stereocenters. The van der Waals surface area contributed by atoms with Crippen molar-refractivity contribution in [1.82, 2.24) is 0 Å². The Hall–Kier alpha value is -4.15. The lowest BCUT2D eigenvalue weighted by atomic mass is 10.1. The highest BCUT2D eigenvalue weighted by atomic mass is 16.4. The van der Waals surface area contributed by atoms with Gasteiger partial charge in [0.05, 0.1) is 5.56 Å². The first-order valence-electron chi connectivity index (χ1n) is 6.70. The second-order valence-electron chi connectivity index (χ2n) is 5.20. The van der Waals surface area contributed by atoms with Crippen molar-refractivity contribution >= 4 is 11.0 Å². The topological polar surface area (TPSA) is 212 Å². The number of rotatable bonds is 1.